The van der Waals surface area contributed by atoms with Crippen LogP contribution in [0.1, 0.15) is 52.4 Å². The van der Waals surface area contributed by atoms with Gasteiger partial charge in [-0.3, -0.25) is 4.79 Å². The minimum atomic E-state index is -0.617. The van der Waals surface area contributed by atoms with Gasteiger partial charge in [0.05, 0.1) is 11.4 Å². The van der Waals surface area contributed by atoms with E-state index in [0.717, 1.165) is 17.2 Å². The maximum atomic E-state index is 13.9. The van der Waals surface area contributed by atoms with Crippen molar-refractivity contribution in [2.75, 3.05) is 10.8 Å². The predicted molar refractivity (Wildman–Crippen MR) is 111 cm³/mol. The molecule has 4 nitrogen and oxygen atoms in total. The van der Waals surface area contributed by atoms with Gasteiger partial charge in [-0.25, -0.2) is 0 Å². The summed E-state index contributed by atoms with van der Waals surface area (Å²) in [6.45, 7) is 3.66. The molecule has 27 heavy (non-hydrogen) atoms. The molecule has 3 atom stereocenters. The first-order valence-electron chi connectivity index (χ1n) is 10.1. The summed E-state index contributed by atoms with van der Waals surface area (Å²) in [6, 6.07) is 9.70. The molecule has 0 N–H and O–H groups in total. The minimum absolute atomic E-state index is 0.0527. The number of rotatable bonds is 4. The Kier molecular flexibility index (Phi) is 5.15. The van der Waals surface area contributed by atoms with Gasteiger partial charge in [-0.15, -0.1) is 0 Å². The zero-order valence-corrected chi connectivity index (χ0v) is 17.0. The van der Waals surface area contributed by atoms with Gasteiger partial charge in [0.1, 0.15) is 11.2 Å². The average Bonchev–Trinajstić information content (AvgIpc) is 3.17. The quantitative estimate of drug-likeness (QED) is 0.757. The van der Waals surface area contributed by atoms with Crippen molar-refractivity contribution in [3.05, 3.63) is 30.3 Å². The Labute approximate surface area is 165 Å². The van der Waals surface area contributed by atoms with Gasteiger partial charge in [0.15, 0.2) is 0 Å². The van der Waals surface area contributed by atoms with E-state index in [1.807, 2.05) is 49.0 Å². The third-order valence-electron chi connectivity index (χ3n) is 6.58. The van der Waals surface area contributed by atoms with Crippen molar-refractivity contribution < 1.29 is 9.59 Å². The third kappa shape index (κ3) is 3.04. The van der Waals surface area contributed by atoms with Crippen molar-refractivity contribution in [3.8, 4) is 0 Å². The summed E-state index contributed by atoms with van der Waals surface area (Å²) >= 11 is 1.92. The van der Waals surface area contributed by atoms with Gasteiger partial charge >= 0.3 is 0 Å². The molecular formula is C22H28N2O2S. The highest BCUT2D eigenvalue weighted by Gasteiger charge is 2.64. The van der Waals surface area contributed by atoms with Crippen LogP contribution in [-0.2, 0) is 9.59 Å². The van der Waals surface area contributed by atoms with E-state index in [9.17, 15) is 9.59 Å². The van der Waals surface area contributed by atoms with Crippen molar-refractivity contribution in [3.63, 3.8) is 0 Å². The summed E-state index contributed by atoms with van der Waals surface area (Å²) in [7, 11) is 0. The van der Waals surface area contributed by atoms with E-state index in [4.69, 9.17) is 5.10 Å². The van der Waals surface area contributed by atoms with Crippen LogP contribution in [0.4, 0.5) is 5.69 Å². The molecule has 1 amide bonds. The number of ketones is 1. The topological polar surface area (TPSA) is 49.7 Å². The lowest BCUT2D eigenvalue weighted by Gasteiger charge is -2.39. The molecule has 5 heteroatoms. The number of amides is 1. The standard InChI is InChI=1S/C22H28N2O2S/c1-15(25)13-18-14-27-20(17-9-5-3-6-10-17)22(18)16(2)23-24(21(22)26)19-11-7-4-8-12-19/h4,7-8,11-12,17-18,20H,3,5-6,9-10,13-14H2,1-2H3/t18-,20-,22+/m0/s1. The third-order valence-corrected chi connectivity index (χ3v) is 8.29. The molecule has 1 saturated carbocycles. The molecule has 144 valence electrons. The minimum Gasteiger partial charge on any atom is -0.300 e. The lowest BCUT2D eigenvalue weighted by molar-refractivity contribution is -0.127. The molecule has 2 aliphatic heterocycles. The Morgan fingerprint density at radius 1 is 1.22 bits per heavy atom. The van der Waals surface area contributed by atoms with Crippen LogP contribution in [0.15, 0.2) is 35.4 Å². The molecular weight excluding hydrogens is 356 g/mol. The summed E-state index contributed by atoms with van der Waals surface area (Å²) in [5.74, 6) is 1.73. The second-order valence-electron chi connectivity index (χ2n) is 8.26. The number of anilines is 1. The maximum absolute atomic E-state index is 13.9. The van der Waals surface area contributed by atoms with Crippen LogP contribution in [0.25, 0.3) is 0 Å². The highest BCUT2D eigenvalue weighted by atomic mass is 32.2. The van der Waals surface area contributed by atoms with Gasteiger partial charge in [0, 0.05) is 11.7 Å². The molecule has 2 heterocycles. The Morgan fingerprint density at radius 2 is 1.93 bits per heavy atom. The Balaban J connectivity index is 1.75. The van der Waals surface area contributed by atoms with Crippen LogP contribution in [0, 0.1) is 17.3 Å². The largest absolute Gasteiger partial charge is 0.300 e. The zero-order chi connectivity index (χ0) is 19.0. The van der Waals surface area contributed by atoms with Gasteiger partial charge in [-0.2, -0.15) is 21.9 Å². The summed E-state index contributed by atoms with van der Waals surface area (Å²) in [4.78, 5) is 25.9. The molecule has 2 fully saturated rings. The maximum Gasteiger partial charge on any atom is 0.260 e. The second kappa shape index (κ2) is 7.42. The molecule has 0 aromatic heterocycles. The van der Waals surface area contributed by atoms with Gasteiger partial charge in [-0.1, -0.05) is 37.5 Å². The second-order valence-corrected chi connectivity index (χ2v) is 9.44. The fourth-order valence-electron chi connectivity index (χ4n) is 5.38. The van der Waals surface area contributed by atoms with Crippen LogP contribution in [0.2, 0.25) is 0 Å². The van der Waals surface area contributed by atoms with E-state index < -0.39 is 5.41 Å². The molecule has 0 unspecified atom stereocenters. The number of carbonyl (C=O) groups is 2. The van der Waals surface area contributed by atoms with E-state index >= 15 is 0 Å². The molecule has 0 bridgehead atoms. The van der Waals surface area contributed by atoms with Crippen LogP contribution in [-0.4, -0.2) is 28.4 Å². The zero-order valence-electron chi connectivity index (χ0n) is 16.2. The van der Waals surface area contributed by atoms with Crippen LogP contribution >= 0.6 is 11.8 Å². The van der Waals surface area contributed by atoms with Gasteiger partial charge in [-0.05, 0) is 56.4 Å². The molecule has 1 saturated heterocycles. The predicted octanol–water partition coefficient (Wildman–Crippen LogP) is 4.69. The van der Waals surface area contributed by atoms with Crippen LogP contribution < -0.4 is 5.01 Å². The number of hydrogen-bond acceptors (Lipinski definition) is 4. The molecule has 1 aromatic rings. The number of thioether (sulfide) groups is 1. The fourth-order valence-corrected chi connectivity index (χ4v) is 7.47. The van der Waals surface area contributed by atoms with Crippen molar-refractivity contribution in [2.45, 2.75) is 57.6 Å². The number of hydrogen-bond donors (Lipinski definition) is 0. The SMILES string of the molecule is CC(=O)C[C@H]1CS[C@@H](C2CCCCC2)[C@]12C(=O)N(c1ccccc1)N=C2C. The number of nitrogens with zero attached hydrogens (tertiary/aromatic N) is 2. The van der Waals surface area contributed by atoms with Crippen LogP contribution in [0.5, 0.6) is 0 Å². The summed E-state index contributed by atoms with van der Waals surface area (Å²) in [5.41, 5.74) is 1.11. The highest BCUT2D eigenvalue weighted by Crippen LogP contribution is 2.58. The summed E-state index contributed by atoms with van der Waals surface area (Å²) in [5, 5.41) is 6.60. The number of benzene rings is 1. The normalized spacial score (nSPS) is 31.6. The first-order valence-corrected chi connectivity index (χ1v) is 11.2. The molecule has 3 aliphatic rings. The van der Waals surface area contributed by atoms with E-state index in [1.165, 1.54) is 32.1 Å². The van der Waals surface area contributed by atoms with Gasteiger partial charge in [0.2, 0.25) is 0 Å². The fraction of sp³-hybridized carbons (Fsp3) is 0.591. The summed E-state index contributed by atoms with van der Waals surface area (Å²) in [6.07, 6.45) is 6.66. The van der Waals surface area contributed by atoms with Crippen molar-refractivity contribution in [2.24, 2.45) is 22.4 Å². The van der Waals surface area contributed by atoms with E-state index in [2.05, 4.69) is 0 Å². The molecule has 1 spiro atoms. The van der Waals surface area contributed by atoms with Gasteiger partial charge in [0.25, 0.3) is 5.91 Å². The first kappa shape index (κ1) is 18.7. The summed E-state index contributed by atoms with van der Waals surface area (Å²) < 4.78 is 0. The van der Waals surface area contributed by atoms with Crippen molar-refractivity contribution in [1.82, 2.24) is 0 Å². The van der Waals surface area contributed by atoms with E-state index in [-0.39, 0.29) is 22.9 Å². The first-order chi connectivity index (χ1) is 13.0. The van der Waals surface area contributed by atoms with Crippen molar-refractivity contribution in [1.29, 1.82) is 0 Å². The number of Topliss-reactive ketones (excluding diaryl/α,β-unsaturated/α-hetero) is 1. The Morgan fingerprint density at radius 3 is 2.59 bits per heavy atom. The van der Waals surface area contributed by atoms with Crippen molar-refractivity contribution >= 4 is 34.9 Å². The number of para-hydroxylation sites is 1. The lowest BCUT2D eigenvalue weighted by Crippen LogP contribution is -2.51. The van der Waals surface area contributed by atoms with E-state index in [0.29, 0.717) is 12.3 Å². The highest BCUT2D eigenvalue weighted by molar-refractivity contribution is 8.00. The number of hydrazone groups is 1. The smallest absolute Gasteiger partial charge is 0.260 e. The Hall–Kier alpha value is -1.62. The lowest BCUT2D eigenvalue weighted by atomic mass is 9.64. The Bertz CT molecular complexity index is 757. The molecule has 1 aromatic carbocycles. The van der Waals surface area contributed by atoms with E-state index in [1.54, 1.807) is 11.9 Å². The number of carbonyl (C=O) groups excluding carboxylic acids is 2. The van der Waals surface area contributed by atoms with Gasteiger partial charge < -0.3 is 4.79 Å². The van der Waals surface area contributed by atoms with Crippen LogP contribution in [0.3, 0.4) is 0 Å². The molecule has 1 aliphatic carbocycles. The molecule has 0 radical (unpaired) electrons. The molecule has 4 rings (SSSR count). The average molecular weight is 385 g/mol. The monoisotopic (exact) mass is 384 g/mol.